The molecule has 0 saturated heterocycles. The van der Waals surface area contributed by atoms with E-state index in [0.717, 1.165) is 0 Å². The predicted molar refractivity (Wildman–Crippen MR) is 62.3 cm³/mol. The van der Waals surface area contributed by atoms with Crippen molar-refractivity contribution in [1.82, 2.24) is 10.3 Å². The number of carbonyl (C=O) groups excluding carboxylic acids is 1. The number of hydrogen-bond donors (Lipinski definition) is 2. The molecule has 0 fully saturated rings. The number of nitrogens with zero attached hydrogens (tertiary/aromatic N) is 2. The van der Waals surface area contributed by atoms with Crippen molar-refractivity contribution in [2.24, 2.45) is 0 Å². The van der Waals surface area contributed by atoms with Crippen LogP contribution in [0.4, 0.5) is 5.82 Å². The normalized spacial score (nSPS) is 9.41. The van der Waals surface area contributed by atoms with E-state index in [1.807, 2.05) is 6.07 Å². The molecule has 2 N–H and O–H groups in total. The number of anilines is 1. The Balaban J connectivity index is 2.40. The fraction of sp³-hybridized carbons (Fsp3) is 0.364. The van der Waals surface area contributed by atoms with Gasteiger partial charge >= 0.3 is 0 Å². The SMILES string of the molecule is COCCNC(=O)CNc1ncccc1C#N. The summed E-state index contributed by atoms with van der Waals surface area (Å²) in [6, 6.07) is 5.30. The minimum Gasteiger partial charge on any atom is -0.383 e. The van der Waals surface area contributed by atoms with Crippen molar-refractivity contribution in [2.45, 2.75) is 0 Å². The van der Waals surface area contributed by atoms with Crippen molar-refractivity contribution in [3.8, 4) is 6.07 Å². The molecule has 0 radical (unpaired) electrons. The second-order valence-electron chi connectivity index (χ2n) is 3.21. The monoisotopic (exact) mass is 234 g/mol. The molecule has 0 saturated carbocycles. The van der Waals surface area contributed by atoms with Crippen molar-refractivity contribution in [1.29, 1.82) is 5.26 Å². The highest BCUT2D eigenvalue weighted by Gasteiger charge is 2.04. The summed E-state index contributed by atoms with van der Waals surface area (Å²) in [5.41, 5.74) is 0.414. The number of carbonyl (C=O) groups is 1. The second-order valence-corrected chi connectivity index (χ2v) is 3.21. The highest BCUT2D eigenvalue weighted by atomic mass is 16.5. The van der Waals surface area contributed by atoms with Crippen LogP contribution in [0.2, 0.25) is 0 Å². The molecule has 1 aromatic rings. The van der Waals surface area contributed by atoms with Gasteiger partial charge in [-0.05, 0) is 12.1 Å². The Hall–Kier alpha value is -2.13. The van der Waals surface area contributed by atoms with E-state index in [-0.39, 0.29) is 12.5 Å². The van der Waals surface area contributed by atoms with Gasteiger partial charge in [-0.1, -0.05) is 0 Å². The minimum absolute atomic E-state index is 0.0788. The maximum atomic E-state index is 11.4. The van der Waals surface area contributed by atoms with Crippen LogP contribution in [-0.4, -0.2) is 37.7 Å². The van der Waals surface area contributed by atoms with Gasteiger partial charge in [0.2, 0.25) is 5.91 Å². The molecule has 0 unspecified atom stereocenters. The maximum Gasteiger partial charge on any atom is 0.239 e. The molecule has 0 atom stereocenters. The van der Waals surface area contributed by atoms with Crippen LogP contribution in [0.1, 0.15) is 5.56 Å². The van der Waals surface area contributed by atoms with E-state index in [1.54, 1.807) is 25.4 Å². The summed E-state index contributed by atoms with van der Waals surface area (Å²) in [6.45, 7) is 1.01. The van der Waals surface area contributed by atoms with E-state index < -0.39 is 0 Å². The minimum atomic E-state index is -0.170. The molecule has 90 valence electrons. The Kier molecular flexibility index (Phi) is 5.47. The third kappa shape index (κ3) is 4.49. The fourth-order valence-corrected chi connectivity index (χ4v) is 1.16. The summed E-state index contributed by atoms with van der Waals surface area (Å²) >= 11 is 0. The van der Waals surface area contributed by atoms with Crippen molar-refractivity contribution in [2.75, 3.05) is 32.1 Å². The zero-order valence-corrected chi connectivity index (χ0v) is 9.56. The first-order valence-electron chi connectivity index (χ1n) is 5.12. The number of pyridine rings is 1. The number of rotatable bonds is 6. The van der Waals surface area contributed by atoms with Gasteiger partial charge in [-0.25, -0.2) is 4.98 Å². The summed E-state index contributed by atoms with van der Waals surface area (Å²) in [5.74, 6) is 0.244. The van der Waals surface area contributed by atoms with Crippen LogP contribution < -0.4 is 10.6 Å². The van der Waals surface area contributed by atoms with E-state index in [9.17, 15) is 4.79 Å². The topological polar surface area (TPSA) is 87.0 Å². The third-order valence-corrected chi connectivity index (χ3v) is 1.97. The van der Waals surface area contributed by atoms with Crippen molar-refractivity contribution >= 4 is 11.7 Å². The van der Waals surface area contributed by atoms with E-state index in [0.29, 0.717) is 24.5 Å². The van der Waals surface area contributed by atoms with Gasteiger partial charge in [0.1, 0.15) is 11.9 Å². The molecular formula is C11H14N4O2. The van der Waals surface area contributed by atoms with Crippen LogP contribution in [0.25, 0.3) is 0 Å². The molecule has 1 rings (SSSR count). The lowest BCUT2D eigenvalue weighted by Gasteiger charge is -2.07. The molecule has 6 heteroatoms. The predicted octanol–water partition coefficient (Wildman–Crippen LogP) is 0.128. The Morgan fingerprint density at radius 2 is 2.47 bits per heavy atom. The van der Waals surface area contributed by atoms with Crippen LogP contribution in [0, 0.1) is 11.3 Å². The molecule has 0 aromatic carbocycles. The molecule has 1 aromatic heterocycles. The van der Waals surface area contributed by atoms with Crippen LogP contribution in [0.5, 0.6) is 0 Å². The van der Waals surface area contributed by atoms with E-state index in [2.05, 4.69) is 15.6 Å². The highest BCUT2D eigenvalue weighted by molar-refractivity contribution is 5.80. The number of nitrogens with one attached hydrogen (secondary N) is 2. The van der Waals surface area contributed by atoms with Crippen LogP contribution in [-0.2, 0) is 9.53 Å². The van der Waals surface area contributed by atoms with Gasteiger partial charge in [0.25, 0.3) is 0 Å². The third-order valence-electron chi connectivity index (χ3n) is 1.97. The standard InChI is InChI=1S/C11H14N4O2/c1-17-6-5-13-10(16)8-15-11-9(7-12)3-2-4-14-11/h2-4H,5-6,8H2,1H3,(H,13,16)(H,14,15). The lowest BCUT2D eigenvalue weighted by atomic mass is 10.3. The number of methoxy groups -OCH3 is 1. The van der Waals surface area contributed by atoms with Crippen molar-refractivity contribution < 1.29 is 9.53 Å². The number of aromatic nitrogens is 1. The number of nitriles is 1. The molecule has 1 amide bonds. The van der Waals surface area contributed by atoms with Gasteiger partial charge in [0.05, 0.1) is 18.7 Å². The highest BCUT2D eigenvalue weighted by Crippen LogP contribution is 2.08. The fourth-order valence-electron chi connectivity index (χ4n) is 1.16. The van der Waals surface area contributed by atoms with Crippen molar-refractivity contribution in [3.05, 3.63) is 23.9 Å². The van der Waals surface area contributed by atoms with Crippen molar-refractivity contribution in [3.63, 3.8) is 0 Å². The van der Waals surface area contributed by atoms with E-state index >= 15 is 0 Å². The van der Waals surface area contributed by atoms with Gasteiger partial charge in [-0.2, -0.15) is 5.26 Å². The molecule has 0 aliphatic rings. The van der Waals surface area contributed by atoms with Gasteiger partial charge in [-0.15, -0.1) is 0 Å². The molecule has 0 spiro atoms. The smallest absolute Gasteiger partial charge is 0.239 e. The molecule has 17 heavy (non-hydrogen) atoms. The Bertz CT molecular complexity index is 414. The first-order valence-corrected chi connectivity index (χ1v) is 5.12. The average molecular weight is 234 g/mol. The first-order chi connectivity index (χ1) is 8.27. The zero-order valence-electron chi connectivity index (χ0n) is 9.56. The summed E-state index contributed by atoms with van der Waals surface area (Å²) < 4.78 is 4.80. The van der Waals surface area contributed by atoms with Crippen LogP contribution >= 0.6 is 0 Å². The number of amides is 1. The Labute approximate surface area is 99.6 Å². The number of hydrogen-bond acceptors (Lipinski definition) is 5. The summed E-state index contributed by atoms with van der Waals surface area (Å²) in [5, 5.41) is 14.3. The quantitative estimate of drug-likeness (QED) is 0.683. The maximum absolute atomic E-state index is 11.4. The summed E-state index contributed by atoms with van der Waals surface area (Å²) in [4.78, 5) is 15.3. The van der Waals surface area contributed by atoms with E-state index in [1.165, 1.54) is 0 Å². The summed E-state index contributed by atoms with van der Waals surface area (Å²) in [6.07, 6.45) is 1.56. The van der Waals surface area contributed by atoms with Gasteiger partial charge < -0.3 is 15.4 Å². The van der Waals surface area contributed by atoms with Crippen LogP contribution in [0.15, 0.2) is 18.3 Å². The molecule has 0 bridgehead atoms. The molecular weight excluding hydrogens is 220 g/mol. The van der Waals surface area contributed by atoms with Crippen LogP contribution in [0.3, 0.4) is 0 Å². The molecule has 0 aliphatic heterocycles. The molecule has 6 nitrogen and oxygen atoms in total. The lowest BCUT2D eigenvalue weighted by molar-refractivity contribution is -0.119. The Morgan fingerprint density at radius 1 is 1.65 bits per heavy atom. The first kappa shape index (κ1) is 12.9. The summed E-state index contributed by atoms with van der Waals surface area (Å²) in [7, 11) is 1.57. The number of ether oxygens (including phenoxy) is 1. The molecule has 1 heterocycles. The van der Waals surface area contributed by atoms with Gasteiger partial charge in [0.15, 0.2) is 0 Å². The van der Waals surface area contributed by atoms with E-state index in [4.69, 9.17) is 10.00 Å². The second kappa shape index (κ2) is 7.19. The van der Waals surface area contributed by atoms with Gasteiger partial charge in [0, 0.05) is 19.9 Å². The lowest BCUT2D eigenvalue weighted by Crippen LogP contribution is -2.32. The largest absolute Gasteiger partial charge is 0.383 e. The molecule has 0 aliphatic carbocycles. The van der Waals surface area contributed by atoms with Gasteiger partial charge in [-0.3, -0.25) is 4.79 Å². The Morgan fingerprint density at radius 3 is 3.18 bits per heavy atom. The zero-order chi connectivity index (χ0) is 12.5. The average Bonchev–Trinajstić information content (AvgIpc) is 2.37.